The molecule has 1 aromatic rings. The van der Waals surface area contributed by atoms with Gasteiger partial charge >= 0.3 is 6.36 Å². The first-order valence-corrected chi connectivity index (χ1v) is 4.01. The number of rotatable bonds is 3. The number of pyridine rings is 1. The number of aldehydes is 1. The molecule has 0 saturated carbocycles. The molecule has 0 amide bonds. The highest BCUT2D eigenvalue weighted by Crippen LogP contribution is 2.22. The fraction of sp³-hybridized carbons (Fsp3) is 0.250. The van der Waals surface area contributed by atoms with E-state index in [0.717, 1.165) is 0 Å². The van der Waals surface area contributed by atoms with E-state index >= 15 is 0 Å². The molecule has 0 fully saturated rings. The fourth-order valence-corrected chi connectivity index (χ4v) is 1.04. The van der Waals surface area contributed by atoms with Crippen molar-refractivity contribution < 1.29 is 31.5 Å². The number of carbonyl (C=O) groups is 1. The summed E-state index contributed by atoms with van der Waals surface area (Å²) in [7, 11) is 0. The molecule has 1 heterocycles. The van der Waals surface area contributed by atoms with Crippen molar-refractivity contribution in [1.82, 2.24) is 4.98 Å². The van der Waals surface area contributed by atoms with E-state index in [1.54, 1.807) is 4.98 Å². The normalized spacial score (nSPS) is 11.6. The van der Waals surface area contributed by atoms with Gasteiger partial charge in [0.05, 0.1) is 11.3 Å². The van der Waals surface area contributed by atoms with Crippen LogP contribution in [0.1, 0.15) is 22.5 Å². The van der Waals surface area contributed by atoms with Gasteiger partial charge in [0.15, 0.2) is 12.0 Å². The van der Waals surface area contributed by atoms with Gasteiger partial charge in [-0.15, -0.1) is 13.2 Å². The second-order valence-electron chi connectivity index (χ2n) is 2.78. The molecular formula is C8H4F5NO3. The van der Waals surface area contributed by atoms with Crippen molar-refractivity contribution in [2.24, 2.45) is 0 Å². The number of carbonyl (C=O) groups excluding carboxylic acids is 1. The monoisotopic (exact) mass is 257 g/mol. The smallest absolute Gasteiger partial charge is 0.400 e. The van der Waals surface area contributed by atoms with Crippen molar-refractivity contribution in [3.05, 3.63) is 27.7 Å². The molecule has 94 valence electrons. The number of nitrogens with one attached hydrogen (secondary N) is 1. The molecule has 17 heavy (non-hydrogen) atoms. The largest absolute Gasteiger partial charge is 0.573 e. The maximum atomic E-state index is 12.3. The molecule has 0 atom stereocenters. The average Bonchev–Trinajstić information content (AvgIpc) is 2.18. The minimum absolute atomic E-state index is 0.260. The molecule has 0 aliphatic heterocycles. The Morgan fingerprint density at radius 1 is 1.35 bits per heavy atom. The van der Waals surface area contributed by atoms with E-state index in [9.17, 15) is 31.5 Å². The Kier molecular flexibility index (Phi) is 3.49. The van der Waals surface area contributed by atoms with E-state index in [1.165, 1.54) is 0 Å². The second kappa shape index (κ2) is 4.52. The first kappa shape index (κ1) is 13.1. The topological polar surface area (TPSA) is 59.2 Å². The highest BCUT2D eigenvalue weighted by Gasteiger charge is 2.33. The molecule has 0 radical (unpaired) electrons. The number of alkyl halides is 5. The van der Waals surface area contributed by atoms with E-state index < -0.39 is 35.2 Å². The van der Waals surface area contributed by atoms with Crippen LogP contribution in [0.5, 0.6) is 5.75 Å². The number of ether oxygens (including phenoxy) is 1. The molecule has 0 aliphatic rings. The van der Waals surface area contributed by atoms with Gasteiger partial charge < -0.3 is 9.72 Å². The predicted octanol–water partition coefficient (Wildman–Crippen LogP) is 2.02. The van der Waals surface area contributed by atoms with Gasteiger partial charge in [-0.05, 0) is 0 Å². The van der Waals surface area contributed by atoms with Gasteiger partial charge in [-0.25, -0.2) is 8.78 Å². The Hall–Kier alpha value is -1.93. The summed E-state index contributed by atoms with van der Waals surface area (Å²) in [6.07, 6.45) is -8.28. The summed E-state index contributed by atoms with van der Waals surface area (Å²) >= 11 is 0. The first-order chi connectivity index (χ1) is 7.76. The Morgan fingerprint density at radius 2 is 1.94 bits per heavy atom. The molecule has 0 aromatic carbocycles. The van der Waals surface area contributed by atoms with Gasteiger partial charge in [0.1, 0.15) is 0 Å². The summed E-state index contributed by atoms with van der Waals surface area (Å²) in [5, 5.41) is 0. The molecule has 1 aromatic heterocycles. The number of hydrogen-bond donors (Lipinski definition) is 1. The Bertz CT molecular complexity index is 479. The zero-order chi connectivity index (χ0) is 13.2. The molecule has 0 aliphatic carbocycles. The number of aromatic amines is 1. The lowest BCUT2D eigenvalue weighted by atomic mass is 10.2. The van der Waals surface area contributed by atoms with Crippen LogP contribution >= 0.6 is 0 Å². The van der Waals surface area contributed by atoms with Crippen LogP contribution in [0.3, 0.4) is 0 Å². The van der Waals surface area contributed by atoms with Crippen molar-refractivity contribution in [1.29, 1.82) is 0 Å². The summed E-state index contributed by atoms with van der Waals surface area (Å²) in [6, 6.07) is 0. The molecule has 9 heteroatoms. The third-order valence-corrected chi connectivity index (χ3v) is 1.68. The lowest BCUT2D eigenvalue weighted by Gasteiger charge is -2.10. The zero-order valence-electron chi connectivity index (χ0n) is 7.85. The maximum absolute atomic E-state index is 12.3. The number of halogens is 5. The van der Waals surface area contributed by atoms with Crippen molar-refractivity contribution in [3.8, 4) is 5.75 Å². The van der Waals surface area contributed by atoms with E-state index in [2.05, 4.69) is 4.74 Å². The average molecular weight is 257 g/mol. The minimum atomic E-state index is -5.15. The van der Waals surface area contributed by atoms with Crippen LogP contribution in [0.4, 0.5) is 22.0 Å². The van der Waals surface area contributed by atoms with Crippen molar-refractivity contribution >= 4 is 6.29 Å². The molecule has 0 spiro atoms. The number of aromatic nitrogens is 1. The molecular weight excluding hydrogens is 253 g/mol. The highest BCUT2D eigenvalue weighted by molar-refractivity contribution is 5.77. The van der Waals surface area contributed by atoms with Crippen LogP contribution in [0.2, 0.25) is 0 Å². The molecule has 4 nitrogen and oxygen atoms in total. The summed E-state index contributed by atoms with van der Waals surface area (Å²) in [5.74, 6) is -1.27. The van der Waals surface area contributed by atoms with E-state index in [0.29, 0.717) is 6.20 Å². The van der Waals surface area contributed by atoms with Crippen LogP contribution < -0.4 is 10.2 Å². The van der Waals surface area contributed by atoms with Crippen molar-refractivity contribution in [2.45, 2.75) is 12.8 Å². The summed E-state index contributed by atoms with van der Waals surface area (Å²) < 4.78 is 63.2. The zero-order valence-corrected chi connectivity index (χ0v) is 7.85. The number of hydrogen-bond acceptors (Lipinski definition) is 3. The Labute approximate surface area is 90.0 Å². The second-order valence-corrected chi connectivity index (χ2v) is 2.78. The lowest BCUT2D eigenvalue weighted by molar-refractivity contribution is -0.275. The van der Waals surface area contributed by atoms with Gasteiger partial charge in [-0.3, -0.25) is 9.59 Å². The van der Waals surface area contributed by atoms with Crippen LogP contribution in [-0.4, -0.2) is 17.6 Å². The van der Waals surface area contributed by atoms with Crippen LogP contribution in [0.25, 0.3) is 0 Å². The molecule has 1 rings (SSSR count). The van der Waals surface area contributed by atoms with Gasteiger partial charge in [0.2, 0.25) is 5.43 Å². The van der Waals surface area contributed by atoms with Crippen LogP contribution in [0, 0.1) is 0 Å². The molecule has 0 unspecified atom stereocenters. The van der Waals surface area contributed by atoms with Crippen LogP contribution in [-0.2, 0) is 0 Å². The Morgan fingerprint density at radius 3 is 2.35 bits per heavy atom. The van der Waals surface area contributed by atoms with Crippen molar-refractivity contribution in [3.63, 3.8) is 0 Å². The quantitative estimate of drug-likeness (QED) is 0.665. The third-order valence-electron chi connectivity index (χ3n) is 1.68. The molecule has 0 bridgehead atoms. The van der Waals surface area contributed by atoms with Gasteiger partial charge in [0, 0.05) is 6.20 Å². The first-order valence-electron chi connectivity index (χ1n) is 4.01. The predicted molar refractivity (Wildman–Crippen MR) is 44.1 cm³/mol. The minimum Gasteiger partial charge on any atom is -0.400 e. The van der Waals surface area contributed by atoms with Gasteiger partial charge in [-0.2, -0.15) is 0 Å². The summed E-state index contributed by atoms with van der Waals surface area (Å²) in [6.45, 7) is 0. The molecule has 1 N–H and O–H groups in total. The van der Waals surface area contributed by atoms with E-state index in [1.807, 2.05) is 0 Å². The number of H-pyrrole nitrogens is 1. The van der Waals surface area contributed by atoms with Gasteiger partial charge in [-0.1, -0.05) is 0 Å². The summed E-state index contributed by atoms with van der Waals surface area (Å²) in [4.78, 5) is 23.3. The van der Waals surface area contributed by atoms with Crippen LogP contribution in [0.15, 0.2) is 11.0 Å². The van der Waals surface area contributed by atoms with E-state index in [4.69, 9.17) is 0 Å². The molecule has 0 saturated heterocycles. The van der Waals surface area contributed by atoms with E-state index in [-0.39, 0.29) is 6.29 Å². The third kappa shape index (κ3) is 3.02. The maximum Gasteiger partial charge on any atom is 0.573 e. The summed E-state index contributed by atoms with van der Waals surface area (Å²) in [5.41, 5.74) is -3.70. The van der Waals surface area contributed by atoms with Gasteiger partial charge in [0.25, 0.3) is 6.43 Å². The fourth-order valence-electron chi connectivity index (χ4n) is 1.04. The lowest BCUT2D eigenvalue weighted by Crippen LogP contribution is -2.24. The standard InChI is InChI=1S/C8H4F5NO3/c9-7(10)5-3(2-15)6(16)4(1-14-5)17-8(11,12)13/h1-2,7H,(H,14,16). The SMILES string of the molecule is O=Cc1c(C(F)F)[nH]cc(OC(F)(F)F)c1=O. The highest BCUT2D eigenvalue weighted by atomic mass is 19.4. The Balaban J connectivity index is 3.31. The van der Waals surface area contributed by atoms with Crippen molar-refractivity contribution in [2.75, 3.05) is 0 Å².